The number of rotatable bonds is 3. The van der Waals surface area contributed by atoms with E-state index in [0.717, 1.165) is 16.5 Å². The lowest BCUT2D eigenvalue weighted by Gasteiger charge is -1.98. The standard InChI is InChI=1S/C15H11FN2O2S/c1-21-11-5-2-9(3-6-11)14-17-15(20-18-14)12-7-4-10(19)8-13(12)16/h2-8,19H,1H3. The van der Waals surface area contributed by atoms with Crippen molar-refractivity contribution >= 4 is 11.8 Å². The predicted molar refractivity (Wildman–Crippen MR) is 78.6 cm³/mol. The molecule has 0 amide bonds. The number of phenols is 1. The fraction of sp³-hybridized carbons (Fsp3) is 0.0667. The number of phenolic OH excluding ortho intramolecular Hbond substituents is 1. The highest BCUT2D eigenvalue weighted by atomic mass is 32.2. The van der Waals surface area contributed by atoms with Crippen LogP contribution < -0.4 is 0 Å². The SMILES string of the molecule is CSc1ccc(-c2noc(-c3ccc(O)cc3F)n2)cc1. The molecule has 0 unspecified atom stereocenters. The van der Waals surface area contributed by atoms with Crippen LogP contribution in [0.4, 0.5) is 4.39 Å². The third-order valence-corrected chi connectivity index (χ3v) is 3.70. The molecule has 0 atom stereocenters. The Balaban J connectivity index is 1.95. The summed E-state index contributed by atoms with van der Waals surface area (Å²) in [5, 5.41) is 13.1. The Bertz CT molecular complexity index is 772. The van der Waals surface area contributed by atoms with Crippen molar-refractivity contribution < 1.29 is 14.0 Å². The van der Waals surface area contributed by atoms with Gasteiger partial charge in [-0.3, -0.25) is 0 Å². The molecule has 0 bridgehead atoms. The third-order valence-electron chi connectivity index (χ3n) is 2.96. The number of nitrogens with zero attached hydrogens (tertiary/aromatic N) is 2. The largest absolute Gasteiger partial charge is 0.508 e. The first kappa shape index (κ1) is 13.6. The molecule has 0 radical (unpaired) electrons. The van der Waals surface area contributed by atoms with Crippen molar-refractivity contribution in [2.24, 2.45) is 0 Å². The quantitative estimate of drug-likeness (QED) is 0.742. The van der Waals surface area contributed by atoms with Crippen molar-refractivity contribution in [2.45, 2.75) is 4.90 Å². The number of hydrogen-bond donors (Lipinski definition) is 1. The molecule has 0 aliphatic heterocycles. The van der Waals surface area contributed by atoms with Gasteiger partial charge in [-0.2, -0.15) is 4.98 Å². The zero-order valence-electron chi connectivity index (χ0n) is 11.1. The molecule has 4 nitrogen and oxygen atoms in total. The third kappa shape index (κ3) is 2.75. The van der Waals surface area contributed by atoms with E-state index in [9.17, 15) is 9.50 Å². The van der Waals surface area contributed by atoms with Gasteiger partial charge in [0, 0.05) is 16.5 Å². The number of aromatic hydroxyl groups is 1. The fourth-order valence-electron chi connectivity index (χ4n) is 1.87. The van der Waals surface area contributed by atoms with E-state index >= 15 is 0 Å². The molecule has 1 aromatic heterocycles. The Morgan fingerprint density at radius 3 is 2.57 bits per heavy atom. The molecule has 3 aromatic rings. The zero-order valence-corrected chi connectivity index (χ0v) is 11.9. The maximum Gasteiger partial charge on any atom is 0.261 e. The van der Waals surface area contributed by atoms with Crippen LogP contribution in [0.25, 0.3) is 22.8 Å². The Morgan fingerprint density at radius 1 is 1.14 bits per heavy atom. The van der Waals surface area contributed by atoms with Gasteiger partial charge >= 0.3 is 0 Å². The summed E-state index contributed by atoms with van der Waals surface area (Å²) in [5.41, 5.74) is 0.953. The summed E-state index contributed by atoms with van der Waals surface area (Å²) in [6.45, 7) is 0. The van der Waals surface area contributed by atoms with E-state index in [-0.39, 0.29) is 17.2 Å². The van der Waals surface area contributed by atoms with Crippen LogP contribution in [0.3, 0.4) is 0 Å². The van der Waals surface area contributed by atoms with Gasteiger partial charge in [0.1, 0.15) is 11.6 Å². The second-order valence-electron chi connectivity index (χ2n) is 4.32. The van der Waals surface area contributed by atoms with Crippen LogP contribution in [0, 0.1) is 5.82 Å². The normalized spacial score (nSPS) is 10.8. The summed E-state index contributed by atoms with van der Waals surface area (Å²) >= 11 is 1.64. The maximum absolute atomic E-state index is 13.8. The second-order valence-corrected chi connectivity index (χ2v) is 5.20. The molecular weight excluding hydrogens is 291 g/mol. The van der Waals surface area contributed by atoms with E-state index in [1.807, 2.05) is 30.5 Å². The van der Waals surface area contributed by atoms with Gasteiger partial charge in [-0.05, 0) is 42.7 Å². The smallest absolute Gasteiger partial charge is 0.261 e. The Kier molecular flexibility index (Phi) is 3.62. The summed E-state index contributed by atoms with van der Waals surface area (Å²) in [6.07, 6.45) is 2.00. The van der Waals surface area contributed by atoms with E-state index in [0.29, 0.717) is 5.82 Å². The summed E-state index contributed by atoms with van der Waals surface area (Å²) < 4.78 is 18.9. The number of hydrogen-bond acceptors (Lipinski definition) is 5. The van der Waals surface area contributed by atoms with Gasteiger partial charge in [-0.1, -0.05) is 5.16 Å². The average Bonchev–Trinajstić information content (AvgIpc) is 2.97. The second kappa shape index (κ2) is 5.57. The average molecular weight is 302 g/mol. The van der Waals surface area contributed by atoms with Gasteiger partial charge in [-0.25, -0.2) is 4.39 Å². The van der Waals surface area contributed by atoms with Gasteiger partial charge < -0.3 is 9.63 Å². The number of benzene rings is 2. The van der Waals surface area contributed by atoms with E-state index in [2.05, 4.69) is 10.1 Å². The van der Waals surface area contributed by atoms with Crippen molar-refractivity contribution in [1.29, 1.82) is 0 Å². The lowest BCUT2D eigenvalue weighted by atomic mass is 10.2. The van der Waals surface area contributed by atoms with Crippen LogP contribution in [0.2, 0.25) is 0 Å². The van der Waals surface area contributed by atoms with E-state index < -0.39 is 5.82 Å². The predicted octanol–water partition coefficient (Wildman–Crippen LogP) is 3.97. The van der Waals surface area contributed by atoms with Gasteiger partial charge in [0.05, 0.1) is 5.56 Å². The maximum atomic E-state index is 13.8. The minimum absolute atomic E-state index is 0.0800. The van der Waals surface area contributed by atoms with E-state index in [1.54, 1.807) is 11.8 Å². The lowest BCUT2D eigenvalue weighted by Crippen LogP contribution is -1.85. The molecule has 0 aliphatic carbocycles. The minimum atomic E-state index is -0.608. The first-order valence-corrected chi connectivity index (χ1v) is 7.37. The highest BCUT2D eigenvalue weighted by molar-refractivity contribution is 7.98. The molecule has 3 rings (SSSR count). The molecule has 1 heterocycles. The molecule has 6 heteroatoms. The van der Waals surface area contributed by atoms with Crippen LogP contribution in [-0.2, 0) is 0 Å². The topological polar surface area (TPSA) is 59.2 Å². The molecular formula is C15H11FN2O2S. The first-order chi connectivity index (χ1) is 10.2. The molecule has 0 saturated carbocycles. The van der Waals surface area contributed by atoms with Gasteiger partial charge in [0.15, 0.2) is 0 Å². The monoisotopic (exact) mass is 302 g/mol. The molecule has 21 heavy (non-hydrogen) atoms. The first-order valence-electron chi connectivity index (χ1n) is 6.14. The van der Waals surface area contributed by atoms with Crippen molar-refractivity contribution in [2.75, 3.05) is 6.26 Å². The Labute approximate surface area is 124 Å². The summed E-state index contributed by atoms with van der Waals surface area (Å²) in [4.78, 5) is 5.32. The molecule has 0 fully saturated rings. The Morgan fingerprint density at radius 2 is 1.90 bits per heavy atom. The van der Waals surface area contributed by atoms with E-state index in [1.165, 1.54) is 12.1 Å². The van der Waals surface area contributed by atoms with Crippen LogP contribution in [0.1, 0.15) is 0 Å². The van der Waals surface area contributed by atoms with Crippen molar-refractivity contribution in [3.63, 3.8) is 0 Å². The highest BCUT2D eigenvalue weighted by Crippen LogP contribution is 2.27. The molecule has 0 spiro atoms. The van der Waals surface area contributed by atoms with Crippen molar-refractivity contribution in [3.05, 3.63) is 48.3 Å². The molecule has 106 valence electrons. The summed E-state index contributed by atoms with van der Waals surface area (Å²) in [7, 11) is 0. The molecule has 2 aromatic carbocycles. The van der Waals surface area contributed by atoms with Gasteiger partial charge in [0.25, 0.3) is 5.89 Å². The van der Waals surface area contributed by atoms with Crippen molar-refractivity contribution in [3.8, 4) is 28.6 Å². The fourth-order valence-corrected chi connectivity index (χ4v) is 2.28. The van der Waals surface area contributed by atoms with E-state index in [4.69, 9.17) is 4.52 Å². The zero-order chi connectivity index (χ0) is 14.8. The number of halogens is 1. The highest BCUT2D eigenvalue weighted by Gasteiger charge is 2.14. The minimum Gasteiger partial charge on any atom is -0.508 e. The van der Waals surface area contributed by atoms with Crippen LogP contribution in [0.5, 0.6) is 5.75 Å². The van der Waals surface area contributed by atoms with Crippen LogP contribution in [-0.4, -0.2) is 21.5 Å². The molecule has 0 aliphatic rings. The summed E-state index contributed by atoms with van der Waals surface area (Å²) in [5.74, 6) is -0.284. The van der Waals surface area contributed by atoms with Crippen LogP contribution in [0.15, 0.2) is 51.9 Å². The van der Waals surface area contributed by atoms with Crippen molar-refractivity contribution in [1.82, 2.24) is 10.1 Å². The van der Waals surface area contributed by atoms with Crippen LogP contribution >= 0.6 is 11.8 Å². The van der Waals surface area contributed by atoms with Gasteiger partial charge in [0.2, 0.25) is 5.82 Å². The molecule has 0 saturated heterocycles. The number of aromatic nitrogens is 2. The summed E-state index contributed by atoms with van der Waals surface area (Å²) in [6, 6.07) is 11.5. The lowest BCUT2D eigenvalue weighted by molar-refractivity contribution is 0.428. The number of thioether (sulfide) groups is 1. The Hall–Kier alpha value is -2.34. The molecule has 1 N–H and O–H groups in total. The van der Waals surface area contributed by atoms with Gasteiger partial charge in [-0.15, -0.1) is 11.8 Å².